The minimum absolute atomic E-state index is 0.00192. The highest BCUT2D eigenvalue weighted by Crippen LogP contribution is 2.27. The molecule has 0 saturated carbocycles. The lowest BCUT2D eigenvalue weighted by Crippen LogP contribution is -2.50. The monoisotopic (exact) mass is 345 g/mol. The minimum Gasteiger partial charge on any atom is -0.419 e. The van der Waals surface area contributed by atoms with Crippen molar-refractivity contribution in [1.82, 2.24) is 14.7 Å². The lowest BCUT2D eigenvalue weighted by molar-refractivity contribution is 0.0880. The van der Waals surface area contributed by atoms with Gasteiger partial charge in [0.15, 0.2) is 9.76 Å². The van der Waals surface area contributed by atoms with Crippen molar-refractivity contribution in [1.29, 1.82) is 0 Å². The second-order valence-electron chi connectivity index (χ2n) is 8.20. The van der Waals surface area contributed by atoms with Crippen LogP contribution >= 0.6 is 0 Å². The summed E-state index contributed by atoms with van der Waals surface area (Å²) in [6, 6.07) is 1.24. The normalized spacial score (nSPS) is 14.1. The van der Waals surface area contributed by atoms with Gasteiger partial charge in [-0.15, -0.1) is 0 Å². The molecule has 0 N–H and O–H groups in total. The van der Waals surface area contributed by atoms with Gasteiger partial charge in [0, 0.05) is 30.7 Å². The first-order chi connectivity index (χ1) is 10.6. The SMILES string of the molecule is CCN(C)CC(C[SiH2]OC(C)(C)C)(CN(C)CC)CN(C)CC. The molecule has 0 amide bonds. The predicted molar refractivity (Wildman–Crippen MR) is 106 cm³/mol. The van der Waals surface area contributed by atoms with E-state index in [9.17, 15) is 0 Å². The standard InChI is InChI=1S/C18H43N3OSi/c1-10-19(7)13-18(14-20(8)11-2,15-21(9)12-3)16-23-22-17(4,5)6/h10-16,23H2,1-9H3. The third kappa shape index (κ3) is 10.5. The maximum absolute atomic E-state index is 6.21. The van der Waals surface area contributed by atoms with Crippen LogP contribution in [-0.2, 0) is 4.43 Å². The smallest absolute Gasteiger partial charge is 0.162 e. The molecule has 140 valence electrons. The number of hydrogen-bond acceptors (Lipinski definition) is 4. The molecule has 0 aliphatic heterocycles. The average Bonchev–Trinajstić information content (AvgIpc) is 2.45. The van der Waals surface area contributed by atoms with E-state index >= 15 is 0 Å². The Morgan fingerprint density at radius 1 is 0.739 bits per heavy atom. The molecule has 0 atom stereocenters. The Balaban J connectivity index is 5.17. The zero-order valence-electron chi connectivity index (χ0n) is 17.4. The lowest BCUT2D eigenvalue weighted by Gasteiger charge is -2.42. The largest absolute Gasteiger partial charge is 0.419 e. The van der Waals surface area contributed by atoms with Gasteiger partial charge in [-0.2, -0.15) is 0 Å². The van der Waals surface area contributed by atoms with Gasteiger partial charge in [0.05, 0.1) is 0 Å². The van der Waals surface area contributed by atoms with Gasteiger partial charge in [-0.3, -0.25) is 0 Å². The molecule has 0 unspecified atom stereocenters. The molecule has 5 heteroatoms. The van der Waals surface area contributed by atoms with Crippen LogP contribution in [0, 0.1) is 5.41 Å². The third-order valence-electron chi connectivity index (χ3n) is 4.60. The van der Waals surface area contributed by atoms with Crippen LogP contribution in [0.15, 0.2) is 0 Å². The molecule has 0 aliphatic carbocycles. The van der Waals surface area contributed by atoms with Crippen molar-refractivity contribution < 1.29 is 4.43 Å². The van der Waals surface area contributed by atoms with E-state index in [2.05, 4.69) is 77.4 Å². The first-order valence-electron chi connectivity index (χ1n) is 9.27. The van der Waals surface area contributed by atoms with Crippen LogP contribution in [0.25, 0.3) is 0 Å². The molecule has 0 bridgehead atoms. The van der Waals surface area contributed by atoms with Crippen molar-refractivity contribution in [2.75, 3.05) is 60.4 Å². The molecule has 0 heterocycles. The fourth-order valence-corrected chi connectivity index (χ4v) is 4.64. The highest BCUT2D eigenvalue weighted by molar-refractivity contribution is 6.27. The van der Waals surface area contributed by atoms with Crippen LogP contribution in [0.1, 0.15) is 41.5 Å². The van der Waals surface area contributed by atoms with E-state index in [0.29, 0.717) is 5.41 Å². The first kappa shape index (κ1) is 23.1. The van der Waals surface area contributed by atoms with Crippen LogP contribution in [-0.4, -0.2) is 90.5 Å². The van der Waals surface area contributed by atoms with E-state index in [1.807, 2.05) is 0 Å². The van der Waals surface area contributed by atoms with E-state index in [1.54, 1.807) is 0 Å². The topological polar surface area (TPSA) is 19.0 Å². The Morgan fingerprint density at radius 3 is 1.35 bits per heavy atom. The summed E-state index contributed by atoms with van der Waals surface area (Å²) >= 11 is 0. The van der Waals surface area contributed by atoms with Gasteiger partial charge in [-0.05, 0) is 67.6 Å². The van der Waals surface area contributed by atoms with Crippen molar-refractivity contribution in [3.63, 3.8) is 0 Å². The van der Waals surface area contributed by atoms with Crippen LogP contribution in [0.2, 0.25) is 6.04 Å². The number of nitrogens with zero attached hydrogens (tertiary/aromatic N) is 3. The molecule has 23 heavy (non-hydrogen) atoms. The summed E-state index contributed by atoms with van der Waals surface area (Å²) < 4.78 is 6.21. The fraction of sp³-hybridized carbons (Fsp3) is 1.00. The molecule has 0 spiro atoms. The maximum atomic E-state index is 6.21. The Kier molecular flexibility index (Phi) is 10.9. The van der Waals surface area contributed by atoms with Gasteiger partial charge in [-0.25, -0.2) is 0 Å². The number of rotatable bonds is 12. The molecule has 4 nitrogen and oxygen atoms in total. The molecular weight excluding hydrogens is 302 g/mol. The zero-order chi connectivity index (χ0) is 18.1. The highest BCUT2D eigenvalue weighted by Gasteiger charge is 2.34. The van der Waals surface area contributed by atoms with Gasteiger partial charge in [0.2, 0.25) is 0 Å². The van der Waals surface area contributed by atoms with Crippen LogP contribution in [0.4, 0.5) is 0 Å². The molecule has 0 aliphatic rings. The molecule has 0 rings (SSSR count). The average molecular weight is 346 g/mol. The van der Waals surface area contributed by atoms with Crippen molar-refractivity contribution in [2.24, 2.45) is 5.41 Å². The van der Waals surface area contributed by atoms with Gasteiger partial charge in [0.1, 0.15) is 0 Å². The predicted octanol–water partition coefficient (Wildman–Crippen LogP) is 2.15. The van der Waals surface area contributed by atoms with Crippen molar-refractivity contribution >= 4 is 9.76 Å². The fourth-order valence-electron chi connectivity index (χ4n) is 3.01. The van der Waals surface area contributed by atoms with E-state index in [1.165, 1.54) is 6.04 Å². The number of hydrogen-bond donors (Lipinski definition) is 0. The van der Waals surface area contributed by atoms with Crippen molar-refractivity contribution in [2.45, 2.75) is 53.2 Å². The maximum Gasteiger partial charge on any atom is 0.162 e. The quantitative estimate of drug-likeness (QED) is 0.505. The summed E-state index contributed by atoms with van der Waals surface area (Å²) in [6.45, 7) is 20.1. The molecule has 0 saturated heterocycles. The first-order valence-corrected chi connectivity index (χ1v) is 10.8. The molecule has 0 fully saturated rings. The van der Waals surface area contributed by atoms with Gasteiger partial charge in [-0.1, -0.05) is 20.8 Å². The summed E-state index contributed by atoms with van der Waals surface area (Å²) in [7, 11) is 6.22. The summed E-state index contributed by atoms with van der Waals surface area (Å²) in [5.74, 6) is 0. The molecule has 0 aromatic heterocycles. The minimum atomic E-state index is -0.529. The Hall–Kier alpha value is 0.0569. The van der Waals surface area contributed by atoms with Gasteiger partial charge < -0.3 is 19.1 Å². The van der Waals surface area contributed by atoms with Gasteiger partial charge >= 0.3 is 0 Å². The summed E-state index contributed by atoms with van der Waals surface area (Å²) in [6.07, 6.45) is 0. The summed E-state index contributed by atoms with van der Waals surface area (Å²) in [5.41, 5.74) is 0.305. The van der Waals surface area contributed by atoms with Crippen LogP contribution in [0.5, 0.6) is 0 Å². The molecule has 0 aromatic rings. The van der Waals surface area contributed by atoms with Gasteiger partial charge in [0.25, 0.3) is 0 Å². The zero-order valence-corrected chi connectivity index (χ0v) is 18.8. The molecule has 0 aromatic carbocycles. The van der Waals surface area contributed by atoms with Crippen LogP contribution < -0.4 is 0 Å². The summed E-state index contributed by atoms with van der Waals surface area (Å²) in [5, 5.41) is 0. The van der Waals surface area contributed by atoms with E-state index in [-0.39, 0.29) is 5.60 Å². The Morgan fingerprint density at radius 2 is 1.09 bits per heavy atom. The third-order valence-corrected chi connectivity index (χ3v) is 6.94. The van der Waals surface area contributed by atoms with E-state index in [0.717, 1.165) is 39.3 Å². The lowest BCUT2D eigenvalue weighted by atomic mass is 9.88. The van der Waals surface area contributed by atoms with Crippen LogP contribution in [0.3, 0.4) is 0 Å². The van der Waals surface area contributed by atoms with E-state index < -0.39 is 9.76 Å². The summed E-state index contributed by atoms with van der Waals surface area (Å²) in [4.78, 5) is 7.41. The second-order valence-corrected chi connectivity index (χ2v) is 9.40. The Labute approximate surface area is 148 Å². The van der Waals surface area contributed by atoms with Crippen molar-refractivity contribution in [3.05, 3.63) is 0 Å². The van der Waals surface area contributed by atoms with E-state index in [4.69, 9.17) is 4.43 Å². The molecular formula is C18H43N3OSi. The molecule has 0 radical (unpaired) electrons. The second kappa shape index (κ2) is 10.8. The van der Waals surface area contributed by atoms with Crippen molar-refractivity contribution in [3.8, 4) is 0 Å². The highest BCUT2D eigenvalue weighted by atomic mass is 28.2. The Bertz CT molecular complexity index is 276.